The van der Waals surface area contributed by atoms with E-state index in [0.29, 0.717) is 23.6 Å². The fourth-order valence-corrected chi connectivity index (χ4v) is 3.66. The molecular formula is C22H29NO5. The Kier molecular flexibility index (Phi) is 7.38. The molecule has 0 radical (unpaired) electrons. The highest BCUT2D eigenvalue weighted by molar-refractivity contribution is 6.08. The second-order valence-corrected chi connectivity index (χ2v) is 7.21. The highest BCUT2D eigenvalue weighted by atomic mass is 16.5. The van der Waals surface area contributed by atoms with Crippen LogP contribution in [-0.2, 0) is 14.3 Å². The molecule has 0 saturated carbocycles. The number of methoxy groups -OCH3 is 1. The van der Waals surface area contributed by atoms with Crippen LogP contribution < -0.4 is 0 Å². The number of nitrogens with zero attached hydrogens (tertiary/aromatic N) is 1. The van der Waals surface area contributed by atoms with Gasteiger partial charge in [-0.1, -0.05) is 45.2 Å². The van der Waals surface area contributed by atoms with Gasteiger partial charge in [0.25, 0.3) is 5.91 Å². The first-order chi connectivity index (χ1) is 13.3. The lowest BCUT2D eigenvalue weighted by Gasteiger charge is -2.30. The van der Waals surface area contributed by atoms with Crippen LogP contribution in [0, 0.1) is 5.92 Å². The summed E-state index contributed by atoms with van der Waals surface area (Å²) >= 11 is 0. The minimum absolute atomic E-state index is 0.112. The predicted molar refractivity (Wildman–Crippen MR) is 106 cm³/mol. The number of ether oxygens (including phenoxy) is 1. The second kappa shape index (κ2) is 9.53. The molecule has 6 nitrogen and oxygen atoms in total. The lowest BCUT2D eigenvalue weighted by Crippen LogP contribution is -2.35. The molecule has 2 atom stereocenters. The smallest absolute Gasteiger partial charge is 0.337 e. The van der Waals surface area contributed by atoms with Gasteiger partial charge in [-0.3, -0.25) is 9.59 Å². The van der Waals surface area contributed by atoms with E-state index in [-0.39, 0.29) is 11.4 Å². The molecule has 1 amide bonds. The molecule has 2 rings (SSSR count). The Morgan fingerprint density at radius 2 is 1.86 bits per heavy atom. The van der Waals surface area contributed by atoms with E-state index in [1.807, 2.05) is 0 Å². The van der Waals surface area contributed by atoms with Crippen molar-refractivity contribution in [3.63, 3.8) is 0 Å². The second-order valence-electron chi connectivity index (χ2n) is 7.21. The fraction of sp³-hybridized carbons (Fsp3) is 0.500. The van der Waals surface area contributed by atoms with E-state index < -0.39 is 23.7 Å². The lowest BCUT2D eigenvalue weighted by atomic mass is 9.94. The summed E-state index contributed by atoms with van der Waals surface area (Å²) in [4.78, 5) is 38.2. The van der Waals surface area contributed by atoms with Crippen molar-refractivity contribution in [3.05, 3.63) is 46.7 Å². The first-order valence-electron chi connectivity index (χ1n) is 9.78. The molecule has 0 saturated heterocycles. The number of aliphatic hydroxyl groups is 1. The average molecular weight is 387 g/mol. The molecule has 1 N–H and O–H groups in total. The molecule has 6 heteroatoms. The lowest BCUT2D eigenvalue weighted by molar-refractivity contribution is -0.130. The van der Waals surface area contributed by atoms with Crippen molar-refractivity contribution in [1.29, 1.82) is 0 Å². The van der Waals surface area contributed by atoms with Crippen LogP contribution in [0.25, 0.3) is 0 Å². The van der Waals surface area contributed by atoms with E-state index in [1.165, 1.54) is 14.0 Å². The fourth-order valence-electron chi connectivity index (χ4n) is 3.66. The number of carbonyl (C=O) groups is 3. The summed E-state index contributed by atoms with van der Waals surface area (Å²) in [6.07, 6.45) is 4.04. The SMILES string of the molecule is CCCCC(CC)CN1C(=O)C(O)=C(C(C)=O)C1c1ccc(C(=O)OC)cc1. The van der Waals surface area contributed by atoms with Crippen LogP contribution in [0.15, 0.2) is 35.6 Å². The van der Waals surface area contributed by atoms with E-state index in [1.54, 1.807) is 29.2 Å². The number of Topliss-reactive ketones (excluding diaryl/α,β-unsaturated/α-hetero) is 1. The summed E-state index contributed by atoms with van der Waals surface area (Å²) in [6.45, 7) is 6.03. The molecule has 0 aliphatic carbocycles. The number of benzene rings is 1. The largest absolute Gasteiger partial charge is 0.503 e. The van der Waals surface area contributed by atoms with Crippen molar-refractivity contribution in [2.45, 2.75) is 52.5 Å². The number of rotatable bonds is 9. The topological polar surface area (TPSA) is 83.9 Å². The van der Waals surface area contributed by atoms with Crippen molar-refractivity contribution in [2.24, 2.45) is 5.92 Å². The third-order valence-electron chi connectivity index (χ3n) is 5.33. The van der Waals surface area contributed by atoms with Gasteiger partial charge in [0.05, 0.1) is 24.3 Å². The van der Waals surface area contributed by atoms with Gasteiger partial charge in [0.1, 0.15) is 0 Å². The zero-order valence-corrected chi connectivity index (χ0v) is 17.0. The van der Waals surface area contributed by atoms with Crippen LogP contribution in [0.4, 0.5) is 0 Å². The molecule has 152 valence electrons. The zero-order valence-electron chi connectivity index (χ0n) is 17.0. The number of esters is 1. The summed E-state index contributed by atoms with van der Waals surface area (Å²) in [5.74, 6) is -1.49. The molecule has 0 aromatic heterocycles. The van der Waals surface area contributed by atoms with Gasteiger partial charge in [-0.25, -0.2) is 4.79 Å². The molecule has 0 spiro atoms. The van der Waals surface area contributed by atoms with Crippen molar-refractivity contribution >= 4 is 17.7 Å². The Labute approximate surface area is 166 Å². The maximum Gasteiger partial charge on any atom is 0.337 e. The van der Waals surface area contributed by atoms with Gasteiger partial charge in [-0.2, -0.15) is 0 Å². The molecule has 2 unspecified atom stereocenters. The first kappa shape index (κ1) is 21.7. The summed E-state index contributed by atoms with van der Waals surface area (Å²) < 4.78 is 4.71. The molecule has 1 aromatic carbocycles. The van der Waals surface area contributed by atoms with E-state index in [4.69, 9.17) is 4.74 Å². The van der Waals surface area contributed by atoms with Crippen LogP contribution in [0.1, 0.15) is 68.4 Å². The van der Waals surface area contributed by atoms with E-state index in [0.717, 1.165) is 25.7 Å². The van der Waals surface area contributed by atoms with Crippen LogP contribution in [0.3, 0.4) is 0 Å². The Hall–Kier alpha value is -2.63. The Bertz CT molecular complexity index is 766. The van der Waals surface area contributed by atoms with Crippen molar-refractivity contribution in [2.75, 3.05) is 13.7 Å². The van der Waals surface area contributed by atoms with Gasteiger partial charge < -0.3 is 14.7 Å². The van der Waals surface area contributed by atoms with E-state index in [9.17, 15) is 19.5 Å². The summed E-state index contributed by atoms with van der Waals surface area (Å²) in [7, 11) is 1.31. The molecule has 1 aliphatic rings. The van der Waals surface area contributed by atoms with Crippen molar-refractivity contribution < 1.29 is 24.2 Å². The summed E-state index contributed by atoms with van der Waals surface area (Å²) in [5.41, 5.74) is 1.18. The third-order valence-corrected chi connectivity index (χ3v) is 5.33. The van der Waals surface area contributed by atoms with Gasteiger partial charge in [0.2, 0.25) is 0 Å². The Morgan fingerprint density at radius 3 is 2.36 bits per heavy atom. The average Bonchev–Trinajstić information content (AvgIpc) is 2.95. The number of ketones is 1. The maximum atomic E-state index is 12.7. The minimum Gasteiger partial charge on any atom is -0.503 e. The molecule has 1 aliphatic heterocycles. The Morgan fingerprint density at radius 1 is 1.21 bits per heavy atom. The summed E-state index contributed by atoms with van der Waals surface area (Å²) in [5, 5.41) is 10.4. The van der Waals surface area contributed by atoms with Gasteiger partial charge in [-0.15, -0.1) is 0 Å². The Balaban J connectivity index is 2.39. The molecule has 0 bridgehead atoms. The van der Waals surface area contributed by atoms with Crippen molar-refractivity contribution in [3.8, 4) is 0 Å². The first-order valence-corrected chi connectivity index (χ1v) is 9.78. The number of amides is 1. The van der Waals surface area contributed by atoms with Crippen LogP contribution in [-0.4, -0.2) is 41.3 Å². The van der Waals surface area contributed by atoms with E-state index >= 15 is 0 Å². The highest BCUT2D eigenvalue weighted by Gasteiger charge is 2.42. The maximum absolute atomic E-state index is 12.7. The zero-order chi connectivity index (χ0) is 20.8. The number of hydrogen-bond acceptors (Lipinski definition) is 5. The monoisotopic (exact) mass is 387 g/mol. The minimum atomic E-state index is -0.646. The molecule has 1 aromatic rings. The molecule has 0 fully saturated rings. The van der Waals surface area contributed by atoms with Gasteiger partial charge in [-0.05, 0) is 37.0 Å². The number of unbranched alkanes of at least 4 members (excludes halogenated alkanes) is 1. The quantitative estimate of drug-likeness (QED) is 0.648. The normalized spacial score (nSPS) is 17.8. The van der Waals surface area contributed by atoms with E-state index in [2.05, 4.69) is 13.8 Å². The number of aliphatic hydroxyl groups excluding tert-OH is 1. The molecular weight excluding hydrogens is 358 g/mol. The van der Waals surface area contributed by atoms with Crippen LogP contribution in [0.5, 0.6) is 0 Å². The number of hydrogen-bond donors (Lipinski definition) is 1. The molecule has 1 heterocycles. The van der Waals surface area contributed by atoms with Gasteiger partial charge in [0.15, 0.2) is 11.5 Å². The van der Waals surface area contributed by atoms with Gasteiger partial charge in [0, 0.05) is 6.54 Å². The highest BCUT2D eigenvalue weighted by Crippen LogP contribution is 2.38. The third kappa shape index (κ3) is 4.43. The van der Waals surface area contributed by atoms with Gasteiger partial charge >= 0.3 is 5.97 Å². The number of carbonyl (C=O) groups excluding carboxylic acids is 3. The van der Waals surface area contributed by atoms with Crippen LogP contribution >= 0.6 is 0 Å². The van der Waals surface area contributed by atoms with Crippen molar-refractivity contribution in [1.82, 2.24) is 4.90 Å². The summed E-state index contributed by atoms with van der Waals surface area (Å²) in [6, 6.07) is 5.96. The molecule has 28 heavy (non-hydrogen) atoms. The van der Waals surface area contributed by atoms with Crippen LogP contribution in [0.2, 0.25) is 0 Å². The standard InChI is InChI=1S/C22H29NO5/c1-5-7-8-15(6-2)13-23-19(18(14(3)24)20(25)21(23)26)16-9-11-17(12-10-16)22(27)28-4/h9-12,15,19,25H,5-8,13H2,1-4H3. The predicted octanol–water partition coefficient (Wildman–Crippen LogP) is 3.97.